The molecule has 0 heterocycles. The average molecular weight is 282 g/mol. The van der Waals surface area contributed by atoms with E-state index < -0.39 is 17.1 Å². The second kappa shape index (κ2) is 9.06. The van der Waals surface area contributed by atoms with E-state index in [2.05, 4.69) is 60.7 Å². The fraction of sp³-hybridized carbons (Fsp3) is 0.143. The van der Waals surface area contributed by atoms with Gasteiger partial charge in [0.25, 0.3) is 0 Å². The van der Waals surface area contributed by atoms with Crippen molar-refractivity contribution in [1.82, 2.24) is 0 Å². The summed E-state index contributed by atoms with van der Waals surface area (Å²) in [5.41, 5.74) is 0. The van der Waals surface area contributed by atoms with Gasteiger partial charge >= 0.3 is 86.1 Å². The monoisotopic (exact) mass is 280 g/mol. The van der Waals surface area contributed by atoms with Gasteiger partial charge in [0.1, 0.15) is 0 Å². The van der Waals surface area contributed by atoms with E-state index in [1.165, 1.54) is 0 Å². The van der Waals surface area contributed by atoms with Crippen LogP contribution >= 0.6 is 0 Å². The first-order valence-corrected chi connectivity index (χ1v) is 8.63. The number of benzene rings is 2. The van der Waals surface area contributed by atoms with Crippen molar-refractivity contribution in [3.63, 3.8) is 0 Å². The number of aliphatic hydroxyl groups excluding tert-OH is 2. The van der Waals surface area contributed by atoms with Gasteiger partial charge in [0.05, 0.1) is 13.2 Å². The van der Waals surface area contributed by atoms with Crippen LogP contribution in [0, 0.1) is 0 Å². The fourth-order valence-electron chi connectivity index (χ4n) is 1.43. The Morgan fingerprint density at radius 3 is 1.29 bits per heavy atom. The third kappa shape index (κ3) is 6.32. The zero-order valence-corrected chi connectivity index (χ0v) is 12.8. The second-order valence-corrected chi connectivity index (χ2v) is 7.76. The standard InChI is InChI=1S/2C6H5.C2H6O2.Zn/c2*1-2-4-6-5-3-1;3-1-2-4;/h2*1-5H;3-4H,1-2H2;. The molecule has 17 heavy (non-hydrogen) atoms. The molecule has 0 unspecified atom stereocenters. The summed E-state index contributed by atoms with van der Waals surface area (Å²) in [5, 5.41) is 15.2. The summed E-state index contributed by atoms with van der Waals surface area (Å²) in [6.07, 6.45) is 0. The molecule has 0 saturated carbocycles. The van der Waals surface area contributed by atoms with Gasteiger partial charge in [-0.15, -0.1) is 0 Å². The van der Waals surface area contributed by atoms with E-state index in [4.69, 9.17) is 10.2 Å². The third-order valence-electron chi connectivity index (χ3n) is 2.19. The Bertz CT molecular complexity index is 350. The molecular weight excluding hydrogens is 266 g/mol. The molecule has 0 atom stereocenters. The maximum absolute atomic E-state index is 7.62. The molecule has 2 aromatic carbocycles. The van der Waals surface area contributed by atoms with Crippen molar-refractivity contribution in [2.45, 2.75) is 0 Å². The van der Waals surface area contributed by atoms with Crippen LogP contribution in [0.4, 0.5) is 0 Å². The molecule has 2 aromatic rings. The van der Waals surface area contributed by atoms with E-state index in [0.717, 1.165) is 0 Å². The van der Waals surface area contributed by atoms with Gasteiger partial charge in [-0.2, -0.15) is 0 Å². The number of hydrogen-bond donors (Lipinski definition) is 2. The molecule has 0 aliphatic carbocycles. The molecule has 3 heteroatoms. The van der Waals surface area contributed by atoms with Crippen LogP contribution in [-0.4, -0.2) is 23.4 Å². The van der Waals surface area contributed by atoms with Gasteiger partial charge in [0, 0.05) is 0 Å². The third-order valence-corrected chi connectivity index (χ3v) is 5.89. The summed E-state index contributed by atoms with van der Waals surface area (Å²) >= 11 is -0.676. The normalized spacial score (nSPS) is 8.82. The second-order valence-electron chi connectivity index (χ2n) is 3.60. The summed E-state index contributed by atoms with van der Waals surface area (Å²) < 4.78 is 3.11. The van der Waals surface area contributed by atoms with Crippen LogP contribution in [0.15, 0.2) is 60.7 Å². The summed E-state index contributed by atoms with van der Waals surface area (Å²) in [6.45, 7) is -0.250. The van der Waals surface area contributed by atoms with Crippen molar-refractivity contribution in [2.24, 2.45) is 0 Å². The van der Waals surface area contributed by atoms with Crippen LogP contribution < -0.4 is 8.32 Å². The zero-order chi connectivity index (χ0) is 12.3. The molecule has 0 spiro atoms. The van der Waals surface area contributed by atoms with E-state index in [-0.39, 0.29) is 13.2 Å². The van der Waals surface area contributed by atoms with Crippen molar-refractivity contribution >= 4 is 8.32 Å². The zero-order valence-electron chi connectivity index (χ0n) is 9.79. The van der Waals surface area contributed by atoms with E-state index in [1.807, 2.05) is 0 Å². The van der Waals surface area contributed by atoms with Crippen molar-refractivity contribution < 1.29 is 27.3 Å². The van der Waals surface area contributed by atoms with Gasteiger partial charge in [-0.3, -0.25) is 0 Å². The molecule has 2 rings (SSSR count). The molecule has 0 amide bonds. The number of hydrogen-bond acceptors (Lipinski definition) is 2. The van der Waals surface area contributed by atoms with E-state index >= 15 is 0 Å². The topological polar surface area (TPSA) is 40.5 Å². The minimum atomic E-state index is -0.676. The van der Waals surface area contributed by atoms with Crippen LogP contribution in [0.25, 0.3) is 0 Å². The van der Waals surface area contributed by atoms with Gasteiger partial charge < -0.3 is 10.2 Å². The maximum atomic E-state index is 7.62. The first kappa shape index (κ1) is 14.0. The summed E-state index contributed by atoms with van der Waals surface area (Å²) in [7, 11) is 0. The molecule has 0 saturated heterocycles. The van der Waals surface area contributed by atoms with Crippen LogP contribution in [0.5, 0.6) is 0 Å². The summed E-state index contributed by atoms with van der Waals surface area (Å²) in [4.78, 5) is 0. The SMILES string of the molecule is OCCO.c1cc[c]([Zn][c]2ccccc2)cc1. The van der Waals surface area contributed by atoms with Crippen LogP contribution in [-0.2, 0) is 17.1 Å². The minimum absolute atomic E-state index is 0.125. The molecule has 2 nitrogen and oxygen atoms in total. The van der Waals surface area contributed by atoms with E-state index in [1.54, 1.807) is 8.32 Å². The Hall–Kier alpha value is -1.02. The number of rotatable bonds is 3. The molecule has 0 bridgehead atoms. The Morgan fingerprint density at radius 2 is 1.00 bits per heavy atom. The van der Waals surface area contributed by atoms with Crippen molar-refractivity contribution in [3.8, 4) is 0 Å². The van der Waals surface area contributed by atoms with Gasteiger partial charge in [0.15, 0.2) is 0 Å². The molecule has 2 N–H and O–H groups in total. The Labute approximate surface area is 110 Å². The Balaban J connectivity index is 0.000000317. The molecule has 0 aliphatic rings. The fourth-order valence-corrected chi connectivity index (χ4v) is 4.55. The Morgan fingerprint density at radius 1 is 0.647 bits per heavy atom. The predicted molar refractivity (Wildman–Crippen MR) is 66.3 cm³/mol. The van der Waals surface area contributed by atoms with E-state index in [0.29, 0.717) is 0 Å². The molecule has 0 aliphatic heterocycles. The van der Waals surface area contributed by atoms with Gasteiger partial charge in [-0.25, -0.2) is 0 Å². The molecule has 86 valence electrons. The van der Waals surface area contributed by atoms with Crippen LogP contribution in [0.3, 0.4) is 0 Å². The van der Waals surface area contributed by atoms with E-state index in [9.17, 15) is 0 Å². The van der Waals surface area contributed by atoms with Crippen molar-refractivity contribution in [3.05, 3.63) is 60.7 Å². The quantitative estimate of drug-likeness (QED) is 0.813. The summed E-state index contributed by atoms with van der Waals surface area (Å²) in [6, 6.07) is 21.6. The molecule has 0 aromatic heterocycles. The van der Waals surface area contributed by atoms with Crippen molar-refractivity contribution in [2.75, 3.05) is 13.2 Å². The Kier molecular flexibility index (Phi) is 7.49. The van der Waals surface area contributed by atoms with Gasteiger partial charge in [-0.05, 0) is 0 Å². The van der Waals surface area contributed by atoms with Crippen LogP contribution in [0.1, 0.15) is 0 Å². The van der Waals surface area contributed by atoms with Gasteiger partial charge in [-0.1, -0.05) is 0 Å². The average Bonchev–Trinajstić information content (AvgIpc) is 2.41. The first-order chi connectivity index (χ1) is 8.36. The molecule has 0 fully saturated rings. The number of aliphatic hydroxyl groups is 2. The molecule has 0 radical (unpaired) electrons. The van der Waals surface area contributed by atoms with Crippen LogP contribution in [0.2, 0.25) is 0 Å². The molecular formula is C14H16O2Zn. The summed E-state index contributed by atoms with van der Waals surface area (Å²) in [5.74, 6) is 0. The predicted octanol–water partition coefficient (Wildman–Crippen LogP) is 0.691. The van der Waals surface area contributed by atoms with Crippen molar-refractivity contribution in [1.29, 1.82) is 0 Å². The van der Waals surface area contributed by atoms with Gasteiger partial charge in [0.2, 0.25) is 0 Å². The first-order valence-electron chi connectivity index (χ1n) is 5.66.